The Morgan fingerprint density at radius 1 is 1.41 bits per heavy atom. The van der Waals surface area contributed by atoms with Gasteiger partial charge in [0.2, 0.25) is 0 Å². The van der Waals surface area contributed by atoms with Gasteiger partial charge >= 0.3 is 0 Å². The first-order valence-corrected chi connectivity index (χ1v) is 7.22. The molecule has 0 unspecified atom stereocenters. The molecule has 0 amide bonds. The summed E-state index contributed by atoms with van der Waals surface area (Å²) in [5, 5.41) is 0.114. The monoisotopic (exact) mass is 279 g/mol. The lowest BCUT2D eigenvalue weighted by Crippen LogP contribution is -2.40. The van der Waals surface area contributed by atoms with E-state index in [1.807, 2.05) is 0 Å². The molecule has 0 bridgehead atoms. The van der Waals surface area contributed by atoms with Crippen molar-refractivity contribution in [3.63, 3.8) is 0 Å². The zero-order valence-electron chi connectivity index (χ0n) is 9.70. The fourth-order valence-corrected chi connectivity index (χ4v) is 3.77. The van der Waals surface area contributed by atoms with Crippen LogP contribution >= 0.6 is 11.6 Å². The van der Waals surface area contributed by atoms with Gasteiger partial charge in [-0.2, -0.15) is 0 Å². The van der Waals surface area contributed by atoms with Crippen LogP contribution in [0.2, 0.25) is 5.02 Å². The van der Waals surface area contributed by atoms with Crippen molar-refractivity contribution in [3.8, 4) is 0 Å². The van der Waals surface area contributed by atoms with Gasteiger partial charge in [-0.05, 0) is 31.5 Å². The van der Waals surface area contributed by atoms with Crippen molar-refractivity contribution >= 4 is 21.4 Å². The van der Waals surface area contributed by atoms with Crippen LogP contribution < -0.4 is 5.73 Å². The van der Waals surface area contributed by atoms with Gasteiger partial charge in [-0.3, -0.25) is 0 Å². The van der Waals surface area contributed by atoms with Crippen molar-refractivity contribution in [3.05, 3.63) is 34.6 Å². The molecule has 0 aliphatic heterocycles. The van der Waals surface area contributed by atoms with Gasteiger partial charge in [0, 0.05) is 10.6 Å². The minimum absolute atomic E-state index is 0.114. The average molecular weight is 280 g/mol. The molecule has 0 atom stereocenters. The first-order chi connectivity index (χ1) is 7.59. The molecular weight excluding hydrogens is 265 g/mol. The Morgan fingerprint density at radius 3 is 2.47 bits per heavy atom. The summed E-state index contributed by atoms with van der Waals surface area (Å²) in [6.07, 6.45) is 0. The van der Waals surface area contributed by atoms with Gasteiger partial charge in [0.05, 0.1) is 11.5 Å². The lowest BCUT2D eigenvalue weighted by Gasteiger charge is -2.18. The number of nitrogens with two attached hydrogens (primary N) is 1. The van der Waals surface area contributed by atoms with E-state index in [1.54, 1.807) is 13.8 Å². The van der Waals surface area contributed by atoms with Gasteiger partial charge in [0.1, 0.15) is 5.82 Å². The zero-order chi connectivity index (χ0) is 13.3. The Kier molecular flexibility index (Phi) is 4.17. The summed E-state index contributed by atoms with van der Waals surface area (Å²) in [6.45, 7) is 3.27. The molecule has 0 spiro atoms. The number of halogens is 2. The number of hydrogen-bond acceptors (Lipinski definition) is 3. The van der Waals surface area contributed by atoms with Crippen molar-refractivity contribution in [2.75, 3.05) is 5.75 Å². The molecule has 96 valence electrons. The van der Waals surface area contributed by atoms with E-state index in [1.165, 1.54) is 12.1 Å². The second kappa shape index (κ2) is 4.92. The molecule has 0 fully saturated rings. The Hall–Kier alpha value is -0.650. The van der Waals surface area contributed by atoms with Gasteiger partial charge in [0.25, 0.3) is 0 Å². The fraction of sp³-hybridized carbons (Fsp3) is 0.455. The highest BCUT2D eigenvalue weighted by atomic mass is 35.5. The molecule has 2 N–H and O–H groups in total. The number of sulfone groups is 1. The predicted molar refractivity (Wildman–Crippen MR) is 67.2 cm³/mol. The first kappa shape index (κ1) is 14.4. The molecule has 1 rings (SSSR count). The molecule has 0 heterocycles. The van der Waals surface area contributed by atoms with Crippen molar-refractivity contribution in [2.24, 2.45) is 5.73 Å². The van der Waals surface area contributed by atoms with E-state index in [0.29, 0.717) is 5.56 Å². The van der Waals surface area contributed by atoms with Gasteiger partial charge in [-0.1, -0.05) is 17.7 Å². The maximum atomic E-state index is 12.8. The van der Waals surface area contributed by atoms with E-state index < -0.39 is 21.2 Å². The second-order valence-electron chi connectivity index (χ2n) is 4.76. The number of hydrogen-bond donors (Lipinski definition) is 1. The third-order valence-corrected chi connectivity index (χ3v) is 4.27. The smallest absolute Gasteiger partial charge is 0.156 e. The largest absolute Gasteiger partial charge is 0.325 e. The van der Waals surface area contributed by atoms with Gasteiger partial charge in [-0.25, -0.2) is 12.8 Å². The van der Waals surface area contributed by atoms with Crippen LogP contribution in [-0.2, 0) is 15.6 Å². The molecule has 1 aromatic carbocycles. The molecule has 6 heteroatoms. The SMILES string of the molecule is CC(C)(N)CS(=O)(=O)Cc1ccc(F)cc1Cl. The maximum Gasteiger partial charge on any atom is 0.156 e. The van der Waals surface area contributed by atoms with Gasteiger partial charge < -0.3 is 5.73 Å². The topological polar surface area (TPSA) is 60.2 Å². The van der Waals surface area contributed by atoms with Crippen LogP contribution in [0.15, 0.2) is 18.2 Å². The molecule has 0 saturated heterocycles. The lowest BCUT2D eigenvalue weighted by atomic mass is 10.1. The highest BCUT2D eigenvalue weighted by molar-refractivity contribution is 7.90. The number of benzene rings is 1. The summed E-state index contributed by atoms with van der Waals surface area (Å²) in [5.74, 6) is -0.865. The summed E-state index contributed by atoms with van der Waals surface area (Å²) in [5.41, 5.74) is 5.25. The lowest BCUT2D eigenvalue weighted by molar-refractivity contribution is 0.544. The normalized spacial score (nSPS) is 12.8. The minimum Gasteiger partial charge on any atom is -0.325 e. The molecule has 0 aromatic heterocycles. The molecular formula is C11H15ClFNO2S. The van der Waals surface area contributed by atoms with Crippen molar-refractivity contribution in [1.29, 1.82) is 0 Å². The Morgan fingerprint density at radius 2 is 2.00 bits per heavy atom. The fourth-order valence-electron chi connectivity index (χ4n) is 1.49. The van der Waals surface area contributed by atoms with Crippen molar-refractivity contribution in [1.82, 2.24) is 0 Å². The van der Waals surface area contributed by atoms with E-state index in [4.69, 9.17) is 17.3 Å². The summed E-state index contributed by atoms with van der Waals surface area (Å²) in [4.78, 5) is 0. The van der Waals surface area contributed by atoms with Crippen LogP contribution in [0, 0.1) is 5.82 Å². The number of rotatable bonds is 4. The van der Waals surface area contributed by atoms with Crippen LogP contribution in [0.4, 0.5) is 4.39 Å². The highest BCUT2D eigenvalue weighted by Gasteiger charge is 2.23. The molecule has 1 aromatic rings. The molecule has 3 nitrogen and oxygen atoms in total. The van der Waals surface area contributed by atoms with Crippen LogP contribution in [0.3, 0.4) is 0 Å². The van der Waals surface area contributed by atoms with Crippen LogP contribution in [0.5, 0.6) is 0 Å². The molecule has 0 aliphatic rings. The summed E-state index contributed by atoms with van der Waals surface area (Å²) in [7, 11) is -3.36. The average Bonchev–Trinajstić information content (AvgIpc) is 2.05. The van der Waals surface area contributed by atoms with Crippen LogP contribution in [0.1, 0.15) is 19.4 Å². The van der Waals surface area contributed by atoms with Gasteiger partial charge in [0.15, 0.2) is 9.84 Å². The zero-order valence-corrected chi connectivity index (χ0v) is 11.3. The minimum atomic E-state index is -3.36. The van der Waals surface area contributed by atoms with Crippen molar-refractivity contribution in [2.45, 2.75) is 25.1 Å². The Bertz CT molecular complexity index is 509. The Labute approximate surface area is 106 Å². The molecule has 17 heavy (non-hydrogen) atoms. The second-order valence-corrected chi connectivity index (χ2v) is 7.23. The van der Waals surface area contributed by atoms with E-state index in [0.717, 1.165) is 6.07 Å². The highest BCUT2D eigenvalue weighted by Crippen LogP contribution is 2.20. The molecule has 0 radical (unpaired) electrons. The van der Waals surface area contributed by atoms with E-state index in [9.17, 15) is 12.8 Å². The summed E-state index contributed by atoms with van der Waals surface area (Å²) >= 11 is 5.77. The Balaban J connectivity index is 2.91. The first-order valence-electron chi connectivity index (χ1n) is 5.02. The third-order valence-electron chi connectivity index (χ3n) is 1.98. The molecule has 0 saturated carbocycles. The van der Waals surface area contributed by atoms with Crippen LogP contribution in [0.25, 0.3) is 0 Å². The molecule has 0 aliphatic carbocycles. The van der Waals surface area contributed by atoms with E-state index in [-0.39, 0.29) is 16.5 Å². The van der Waals surface area contributed by atoms with E-state index in [2.05, 4.69) is 0 Å². The van der Waals surface area contributed by atoms with Crippen LogP contribution in [-0.4, -0.2) is 19.7 Å². The standard InChI is InChI=1S/C11H15ClFNO2S/c1-11(2,14)7-17(15,16)6-8-3-4-9(13)5-10(8)12/h3-5H,6-7,14H2,1-2H3. The van der Waals surface area contributed by atoms with E-state index >= 15 is 0 Å². The summed E-state index contributed by atoms with van der Waals surface area (Å²) < 4.78 is 36.4. The predicted octanol–water partition coefficient (Wildman–Crippen LogP) is 2.13. The van der Waals surface area contributed by atoms with Crippen molar-refractivity contribution < 1.29 is 12.8 Å². The maximum absolute atomic E-state index is 12.8. The summed E-state index contributed by atoms with van der Waals surface area (Å²) in [6, 6.07) is 3.66. The van der Waals surface area contributed by atoms with Gasteiger partial charge in [-0.15, -0.1) is 0 Å². The third kappa shape index (κ3) is 5.02. The quantitative estimate of drug-likeness (QED) is 0.918.